The molecular weight excluding hydrogens is 307 g/mol. The summed E-state index contributed by atoms with van der Waals surface area (Å²) in [6, 6.07) is 10.6. The highest BCUT2D eigenvalue weighted by Crippen LogP contribution is 2.36. The third-order valence-electron chi connectivity index (χ3n) is 3.22. The molecule has 5 heteroatoms. The number of aromatic nitrogens is 1. The van der Waals surface area contributed by atoms with E-state index in [1.165, 1.54) is 6.07 Å². The van der Waals surface area contributed by atoms with Gasteiger partial charge in [-0.25, -0.2) is 4.39 Å². The molecule has 0 aliphatic carbocycles. The lowest BCUT2D eigenvalue weighted by Crippen LogP contribution is -2.05. The summed E-state index contributed by atoms with van der Waals surface area (Å²) >= 11 is 7.69. The van der Waals surface area contributed by atoms with Crippen molar-refractivity contribution >= 4 is 34.3 Å². The van der Waals surface area contributed by atoms with Gasteiger partial charge in [-0.3, -0.25) is 0 Å². The number of hydrogen-bond acceptors (Lipinski definition) is 2. The second-order valence-corrected chi connectivity index (χ2v) is 6.25. The standard InChI is InChI=1S/C16H14ClFN2S/c1-19-8-10-2-3-11(17)6-15(10)21-16-9-20-14-5-4-12(18)7-13(14)16/h2-7,9,19-20H,8H2,1H3. The van der Waals surface area contributed by atoms with Crippen LogP contribution in [0.1, 0.15) is 5.56 Å². The smallest absolute Gasteiger partial charge is 0.123 e. The predicted molar refractivity (Wildman–Crippen MR) is 86.6 cm³/mol. The van der Waals surface area contributed by atoms with Crippen LogP contribution in [0.3, 0.4) is 0 Å². The highest BCUT2D eigenvalue weighted by molar-refractivity contribution is 7.99. The number of benzene rings is 2. The quantitative estimate of drug-likeness (QED) is 0.720. The Morgan fingerprint density at radius 1 is 1.19 bits per heavy atom. The van der Waals surface area contributed by atoms with Gasteiger partial charge >= 0.3 is 0 Å². The van der Waals surface area contributed by atoms with Crippen molar-refractivity contribution in [1.82, 2.24) is 10.3 Å². The van der Waals surface area contributed by atoms with Gasteiger partial charge in [0.1, 0.15) is 5.82 Å². The number of H-pyrrole nitrogens is 1. The van der Waals surface area contributed by atoms with E-state index in [0.29, 0.717) is 5.02 Å². The van der Waals surface area contributed by atoms with Crippen molar-refractivity contribution < 1.29 is 4.39 Å². The maximum Gasteiger partial charge on any atom is 0.123 e. The first-order chi connectivity index (χ1) is 10.2. The maximum atomic E-state index is 13.4. The third-order valence-corrected chi connectivity index (χ3v) is 4.61. The lowest BCUT2D eigenvalue weighted by atomic mass is 10.2. The zero-order valence-electron chi connectivity index (χ0n) is 11.4. The van der Waals surface area contributed by atoms with Gasteiger partial charge in [0.2, 0.25) is 0 Å². The Kier molecular flexibility index (Phi) is 4.19. The molecule has 0 spiro atoms. The van der Waals surface area contributed by atoms with Crippen LogP contribution in [0, 0.1) is 5.82 Å². The SMILES string of the molecule is CNCc1ccc(Cl)cc1Sc1c[nH]c2ccc(F)cc12. The molecule has 0 bridgehead atoms. The summed E-state index contributed by atoms with van der Waals surface area (Å²) < 4.78 is 13.4. The minimum absolute atomic E-state index is 0.231. The van der Waals surface area contributed by atoms with Crippen LogP contribution in [0.25, 0.3) is 10.9 Å². The highest BCUT2D eigenvalue weighted by Gasteiger charge is 2.10. The molecule has 0 atom stereocenters. The molecule has 0 aliphatic rings. The fraction of sp³-hybridized carbons (Fsp3) is 0.125. The fourth-order valence-corrected chi connectivity index (χ4v) is 3.56. The first-order valence-corrected chi connectivity index (χ1v) is 7.74. The van der Waals surface area contributed by atoms with E-state index in [0.717, 1.165) is 32.8 Å². The molecule has 0 radical (unpaired) electrons. The van der Waals surface area contributed by atoms with Gasteiger partial charge in [-0.1, -0.05) is 29.4 Å². The second-order valence-electron chi connectivity index (χ2n) is 4.73. The molecule has 21 heavy (non-hydrogen) atoms. The molecular formula is C16H14ClFN2S. The van der Waals surface area contributed by atoms with E-state index in [1.54, 1.807) is 23.9 Å². The van der Waals surface area contributed by atoms with Gasteiger partial charge in [0.05, 0.1) is 0 Å². The molecule has 2 nitrogen and oxygen atoms in total. The van der Waals surface area contributed by atoms with Crippen LogP contribution < -0.4 is 5.32 Å². The van der Waals surface area contributed by atoms with Crippen LogP contribution >= 0.6 is 23.4 Å². The zero-order chi connectivity index (χ0) is 14.8. The van der Waals surface area contributed by atoms with Crippen molar-refractivity contribution in [2.45, 2.75) is 16.3 Å². The molecule has 1 aromatic heterocycles. The van der Waals surface area contributed by atoms with E-state index in [1.807, 2.05) is 31.4 Å². The molecule has 3 aromatic rings. The van der Waals surface area contributed by atoms with Crippen molar-refractivity contribution in [3.63, 3.8) is 0 Å². The van der Waals surface area contributed by atoms with Gasteiger partial charge in [0, 0.05) is 38.5 Å². The van der Waals surface area contributed by atoms with Crippen molar-refractivity contribution in [2.75, 3.05) is 7.05 Å². The molecule has 0 fully saturated rings. The largest absolute Gasteiger partial charge is 0.360 e. The van der Waals surface area contributed by atoms with Crippen LogP contribution in [-0.2, 0) is 6.54 Å². The topological polar surface area (TPSA) is 27.8 Å². The van der Waals surface area contributed by atoms with Crippen LogP contribution in [-0.4, -0.2) is 12.0 Å². The number of rotatable bonds is 4. The van der Waals surface area contributed by atoms with Crippen LogP contribution in [0.4, 0.5) is 4.39 Å². The van der Waals surface area contributed by atoms with E-state index in [9.17, 15) is 4.39 Å². The average Bonchev–Trinajstić information content (AvgIpc) is 2.84. The molecule has 0 amide bonds. The lowest BCUT2D eigenvalue weighted by Gasteiger charge is -2.09. The summed E-state index contributed by atoms with van der Waals surface area (Å²) in [4.78, 5) is 5.23. The molecule has 0 aliphatic heterocycles. The summed E-state index contributed by atoms with van der Waals surface area (Å²) in [5.74, 6) is -0.231. The van der Waals surface area contributed by atoms with Crippen LogP contribution in [0.5, 0.6) is 0 Å². The summed E-state index contributed by atoms with van der Waals surface area (Å²) in [7, 11) is 1.91. The number of halogens is 2. The van der Waals surface area contributed by atoms with Crippen molar-refractivity contribution in [3.8, 4) is 0 Å². The Morgan fingerprint density at radius 3 is 2.86 bits per heavy atom. The third kappa shape index (κ3) is 3.07. The van der Waals surface area contributed by atoms with E-state index >= 15 is 0 Å². The summed E-state index contributed by atoms with van der Waals surface area (Å²) in [5.41, 5.74) is 2.09. The van der Waals surface area contributed by atoms with E-state index in [4.69, 9.17) is 11.6 Å². The van der Waals surface area contributed by atoms with E-state index in [2.05, 4.69) is 10.3 Å². The Hall–Kier alpha value is -1.49. The lowest BCUT2D eigenvalue weighted by molar-refractivity contribution is 0.629. The van der Waals surface area contributed by atoms with Crippen LogP contribution in [0.2, 0.25) is 5.02 Å². The summed E-state index contributed by atoms with van der Waals surface area (Å²) in [6.07, 6.45) is 1.90. The molecule has 2 aromatic carbocycles. The van der Waals surface area contributed by atoms with Gasteiger partial charge in [-0.2, -0.15) is 0 Å². The van der Waals surface area contributed by atoms with Gasteiger partial charge < -0.3 is 10.3 Å². The normalized spacial score (nSPS) is 11.2. The molecule has 3 rings (SSSR count). The number of hydrogen-bond donors (Lipinski definition) is 2. The maximum absolute atomic E-state index is 13.4. The van der Waals surface area contributed by atoms with Gasteiger partial charge in [0.25, 0.3) is 0 Å². The zero-order valence-corrected chi connectivity index (χ0v) is 13.0. The molecule has 0 saturated heterocycles. The molecule has 1 heterocycles. The number of nitrogens with one attached hydrogen (secondary N) is 2. The number of fused-ring (bicyclic) bond motifs is 1. The Labute approximate surface area is 131 Å². The fourth-order valence-electron chi connectivity index (χ4n) is 2.23. The minimum Gasteiger partial charge on any atom is -0.360 e. The highest BCUT2D eigenvalue weighted by atomic mass is 35.5. The van der Waals surface area contributed by atoms with Gasteiger partial charge in [-0.15, -0.1) is 0 Å². The Morgan fingerprint density at radius 2 is 2.05 bits per heavy atom. The summed E-state index contributed by atoms with van der Waals surface area (Å²) in [6.45, 7) is 0.760. The Balaban J connectivity index is 2.02. The molecule has 0 unspecified atom stereocenters. The second kappa shape index (κ2) is 6.10. The van der Waals surface area contributed by atoms with E-state index in [-0.39, 0.29) is 5.82 Å². The molecule has 2 N–H and O–H groups in total. The van der Waals surface area contributed by atoms with E-state index < -0.39 is 0 Å². The van der Waals surface area contributed by atoms with Crippen molar-refractivity contribution in [3.05, 3.63) is 59.0 Å². The average molecular weight is 321 g/mol. The van der Waals surface area contributed by atoms with Gasteiger partial charge in [0.15, 0.2) is 0 Å². The van der Waals surface area contributed by atoms with Crippen molar-refractivity contribution in [2.24, 2.45) is 0 Å². The number of aromatic amines is 1. The first kappa shape index (κ1) is 14.4. The predicted octanol–water partition coefficient (Wildman–Crippen LogP) is 4.83. The molecule has 0 saturated carbocycles. The summed E-state index contributed by atoms with van der Waals surface area (Å²) in [5, 5.41) is 4.73. The van der Waals surface area contributed by atoms with Crippen LogP contribution in [0.15, 0.2) is 52.4 Å². The van der Waals surface area contributed by atoms with Gasteiger partial charge in [-0.05, 0) is 42.9 Å². The minimum atomic E-state index is -0.231. The first-order valence-electron chi connectivity index (χ1n) is 6.55. The van der Waals surface area contributed by atoms with Crippen molar-refractivity contribution in [1.29, 1.82) is 0 Å². The molecule has 108 valence electrons. The Bertz CT molecular complexity index is 785. The monoisotopic (exact) mass is 320 g/mol.